The highest BCUT2D eigenvalue weighted by Crippen LogP contribution is 2.28. The fourth-order valence-corrected chi connectivity index (χ4v) is 3.89. The van der Waals surface area contributed by atoms with Gasteiger partial charge in [0.1, 0.15) is 11.5 Å². The Morgan fingerprint density at radius 2 is 1.91 bits per heavy atom. The minimum absolute atomic E-state index is 0.181. The van der Waals surface area contributed by atoms with Crippen LogP contribution in [0.1, 0.15) is 12.8 Å². The zero-order chi connectivity index (χ0) is 23.4. The summed E-state index contributed by atoms with van der Waals surface area (Å²) >= 11 is 6.24. The van der Waals surface area contributed by atoms with Crippen LogP contribution in [0.3, 0.4) is 0 Å². The van der Waals surface area contributed by atoms with Gasteiger partial charge in [0.2, 0.25) is 0 Å². The number of carbonyl (C=O) groups excluding carboxylic acids is 1. The summed E-state index contributed by atoms with van der Waals surface area (Å²) < 4.78 is 25.5. The van der Waals surface area contributed by atoms with Crippen LogP contribution in [-0.2, 0) is 0 Å². The highest BCUT2D eigenvalue weighted by molar-refractivity contribution is 6.33. The van der Waals surface area contributed by atoms with Gasteiger partial charge in [-0.2, -0.15) is 0 Å². The second kappa shape index (κ2) is 9.91. The Labute approximate surface area is 194 Å². The summed E-state index contributed by atoms with van der Waals surface area (Å²) in [5.74, 6) is -0.458. The van der Waals surface area contributed by atoms with Crippen LogP contribution in [0.5, 0.6) is 0 Å². The fraction of sp³-hybridized carbons (Fsp3) is 0.217. The van der Waals surface area contributed by atoms with E-state index in [0.29, 0.717) is 34.6 Å². The molecule has 4 heterocycles. The lowest BCUT2D eigenvalue weighted by Gasteiger charge is -2.16. The Morgan fingerprint density at radius 3 is 2.67 bits per heavy atom. The molecule has 3 aromatic heterocycles. The molecule has 170 valence electrons. The van der Waals surface area contributed by atoms with Gasteiger partial charge in [-0.15, -0.1) is 5.10 Å². The topological polar surface area (TPSA) is 75.9 Å². The molecule has 1 saturated heterocycles. The van der Waals surface area contributed by atoms with Gasteiger partial charge in [-0.3, -0.25) is 9.37 Å². The second-order valence-electron chi connectivity index (χ2n) is 7.33. The SMILES string of the molecule is CF.O=C(Nc1ccc(F)c(-n2cc3cc(-c4ncccc4Cl)cnc3n2)c1)N1CCCC1. The summed E-state index contributed by atoms with van der Waals surface area (Å²) in [5.41, 5.74) is 2.53. The predicted octanol–water partition coefficient (Wildman–Crippen LogP) is 5.49. The molecule has 0 bridgehead atoms. The van der Waals surface area contributed by atoms with Crippen molar-refractivity contribution in [3.63, 3.8) is 0 Å². The Kier molecular flexibility index (Phi) is 6.79. The largest absolute Gasteiger partial charge is 0.325 e. The van der Waals surface area contributed by atoms with Gasteiger partial charge in [0.15, 0.2) is 5.65 Å². The van der Waals surface area contributed by atoms with E-state index in [2.05, 4.69) is 20.4 Å². The molecule has 0 aliphatic carbocycles. The summed E-state index contributed by atoms with van der Waals surface area (Å²) in [5, 5.41) is 8.45. The molecular weight excluding hydrogens is 450 g/mol. The lowest BCUT2D eigenvalue weighted by atomic mass is 10.1. The first kappa shape index (κ1) is 22.6. The first-order chi connectivity index (χ1) is 16.1. The predicted molar refractivity (Wildman–Crippen MR) is 124 cm³/mol. The van der Waals surface area contributed by atoms with E-state index in [4.69, 9.17) is 11.6 Å². The van der Waals surface area contributed by atoms with E-state index in [1.165, 1.54) is 16.8 Å². The fourth-order valence-electron chi connectivity index (χ4n) is 3.66. The molecule has 0 atom stereocenters. The van der Waals surface area contributed by atoms with Gasteiger partial charge in [-0.25, -0.2) is 18.9 Å². The summed E-state index contributed by atoms with van der Waals surface area (Å²) in [6.07, 6.45) is 6.98. The number of alkyl halides is 1. The minimum Gasteiger partial charge on any atom is -0.325 e. The van der Waals surface area contributed by atoms with E-state index < -0.39 is 5.82 Å². The van der Waals surface area contributed by atoms with Crippen molar-refractivity contribution in [2.75, 3.05) is 25.6 Å². The number of urea groups is 1. The molecule has 0 radical (unpaired) electrons. The highest BCUT2D eigenvalue weighted by atomic mass is 35.5. The van der Waals surface area contributed by atoms with Gasteiger partial charge in [0.25, 0.3) is 0 Å². The number of likely N-dealkylation sites (tertiary alicyclic amines) is 1. The normalized spacial score (nSPS) is 13.0. The van der Waals surface area contributed by atoms with E-state index >= 15 is 0 Å². The number of aromatic nitrogens is 4. The zero-order valence-corrected chi connectivity index (χ0v) is 18.6. The molecule has 10 heteroatoms. The number of fused-ring (bicyclic) bond motifs is 1. The third-order valence-corrected chi connectivity index (χ3v) is 5.53. The van der Waals surface area contributed by atoms with Crippen molar-refractivity contribution in [3.8, 4) is 16.9 Å². The number of pyridine rings is 2. The number of anilines is 1. The maximum absolute atomic E-state index is 14.6. The molecule has 2 amide bonds. The van der Waals surface area contributed by atoms with E-state index in [-0.39, 0.29) is 11.7 Å². The molecule has 5 rings (SSSR count). The van der Waals surface area contributed by atoms with Gasteiger partial charge < -0.3 is 10.2 Å². The van der Waals surface area contributed by atoms with Crippen LogP contribution in [-0.4, -0.2) is 50.9 Å². The van der Waals surface area contributed by atoms with Crippen molar-refractivity contribution in [1.82, 2.24) is 24.6 Å². The molecule has 1 N–H and O–H groups in total. The maximum Gasteiger partial charge on any atom is 0.321 e. The van der Waals surface area contributed by atoms with Crippen LogP contribution in [0.25, 0.3) is 28.0 Å². The van der Waals surface area contributed by atoms with Crippen molar-refractivity contribution in [1.29, 1.82) is 0 Å². The van der Waals surface area contributed by atoms with Crippen molar-refractivity contribution in [2.24, 2.45) is 0 Å². The number of hydrogen-bond acceptors (Lipinski definition) is 4. The number of nitrogens with zero attached hydrogens (tertiary/aromatic N) is 5. The maximum atomic E-state index is 14.6. The van der Waals surface area contributed by atoms with Gasteiger partial charge in [0, 0.05) is 48.3 Å². The number of benzene rings is 1. The van der Waals surface area contributed by atoms with E-state index in [1.807, 2.05) is 6.07 Å². The van der Waals surface area contributed by atoms with Gasteiger partial charge in [-0.1, -0.05) is 11.6 Å². The van der Waals surface area contributed by atoms with E-state index in [9.17, 15) is 13.6 Å². The van der Waals surface area contributed by atoms with Crippen molar-refractivity contribution >= 4 is 34.4 Å². The van der Waals surface area contributed by atoms with Crippen LogP contribution in [0, 0.1) is 5.82 Å². The third kappa shape index (κ3) is 4.78. The minimum atomic E-state index is -0.458. The monoisotopic (exact) mass is 470 g/mol. The highest BCUT2D eigenvalue weighted by Gasteiger charge is 2.18. The molecule has 1 aromatic carbocycles. The van der Waals surface area contributed by atoms with Crippen molar-refractivity contribution < 1.29 is 13.6 Å². The summed E-state index contributed by atoms with van der Waals surface area (Å²) in [7, 11) is 0.500. The van der Waals surface area contributed by atoms with E-state index in [1.54, 1.807) is 41.7 Å². The van der Waals surface area contributed by atoms with Crippen LogP contribution in [0.2, 0.25) is 5.02 Å². The van der Waals surface area contributed by atoms with Gasteiger partial charge >= 0.3 is 6.03 Å². The van der Waals surface area contributed by atoms with Crippen LogP contribution < -0.4 is 5.32 Å². The number of amides is 2. The Morgan fingerprint density at radius 1 is 1.12 bits per heavy atom. The average Bonchev–Trinajstić information content (AvgIpc) is 3.52. The molecule has 1 aliphatic heterocycles. The Bertz CT molecular complexity index is 1290. The van der Waals surface area contributed by atoms with Crippen LogP contribution in [0.4, 0.5) is 19.3 Å². The molecule has 7 nitrogen and oxygen atoms in total. The van der Waals surface area contributed by atoms with Crippen LogP contribution >= 0.6 is 11.6 Å². The first-order valence-corrected chi connectivity index (χ1v) is 10.7. The molecule has 0 saturated carbocycles. The molecule has 0 spiro atoms. The lowest BCUT2D eigenvalue weighted by molar-refractivity contribution is 0.222. The zero-order valence-electron chi connectivity index (χ0n) is 17.8. The molecule has 1 fully saturated rings. The van der Waals surface area contributed by atoms with Gasteiger partial charge in [-0.05, 0) is 49.2 Å². The molecule has 1 aliphatic rings. The second-order valence-corrected chi connectivity index (χ2v) is 7.74. The number of halogens is 3. The summed E-state index contributed by atoms with van der Waals surface area (Å²) in [6, 6.07) is 9.61. The number of rotatable bonds is 3. The van der Waals surface area contributed by atoms with Crippen molar-refractivity contribution in [2.45, 2.75) is 12.8 Å². The molecule has 4 aromatic rings. The molecule has 0 unspecified atom stereocenters. The van der Waals surface area contributed by atoms with E-state index in [0.717, 1.165) is 31.5 Å². The molecular formula is C23H21ClF2N6O. The first-order valence-electron chi connectivity index (χ1n) is 10.3. The van der Waals surface area contributed by atoms with Crippen molar-refractivity contribution in [3.05, 3.63) is 65.8 Å². The smallest absolute Gasteiger partial charge is 0.321 e. The number of carbonyl (C=O) groups is 1. The Balaban J connectivity index is 0.00000126. The average molecular weight is 471 g/mol. The quantitative estimate of drug-likeness (QED) is 0.429. The summed E-state index contributed by atoms with van der Waals surface area (Å²) in [4.78, 5) is 22.8. The third-order valence-electron chi connectivity index (χ3n) is 5.23. The standard InChI is InChI=1S/C22H18ClFN6O.CH3F/c23-17-4-3-7-25-20(17)14-10-15-13-30(28-21(15)26-12-14)19-11-16(5-6-18(19)24)27-22(31)29-8-1-2-9-29;1-2/h3-7,10-13H,1-2,8-9H2,(H,27,31);1H3. The van der Waals surface area contributed by atoms with Crippen LogP contribution in [0.15, 0.2) is 55.0 Å². The summed E-state index contributed by atoms with van der Waals surface area (Å²) in [6.45, 7) is 1.47. The number of nitrogens with one attached hydrogen (secondary N) is 1. The number of hydrogen-bond donors (Lipinski definition) is 1. The lowest BCUT2D eigenvalue weighted by Crippen LogP contribution is -2.32. The Hall–Kier alpha value is -3.59. The molecule has 33 heavy (non-hydrogen) atoms. The van der Waals surface area contributed by atoms with Gasteiger partial charge in [0.05, 0.1) is 17.9 Å².